The summed E-state index contributed by atoms with van der Waals surface area (Å²) in [7, 11) is -0.844. The number of aliphatic hydroxyl groups is 1. The zero-order chi connectivity index (χ0) is 17.0. The van der Waals surface area contributed by atoms with Gasteiger partial charge >= 0.3 is 0 Å². The second-order valence-electron chi connectivity index (χ2n) is 4.94. The lowest BCUT2D eigenvalue weighted by atomic mass is 10.1. The Labute approximate surface area is 135 Å². The molecule has 0 atom stereocenters. The van der Waals surface area contributed by atoms with Crippen LogP contribution in [0.1, 0.15) is 11.1 Å². The van der Waals surface area contributed by atoms with E-state index >= 15 is 0 Å². The van der Waals surface area contributed by atoms with Crippen LogP contribution in [-0.4, -0.2) is 27.7 Å². The third kappa shape index (κ3) is 3.75. The maximum atomic E-state index is 12.5. The van der Waals surface area contributed by atoms with E-state index in [-0.39, 0.29) is 17.2 Å². The molecule has 2 rings (SSSR count). The van der Waals surface area contributed by atoms with Gasteiger partial charge in [-0.3, -0.25) is 4.72 Å². The molecule has 2 N–H and O–H groups in total. The first-order valence-electron chi connectivity index (χ1n) is 6.86. The van der Waals surface area contributed by atoms with Gasteiger partial charge in [-0.2, -0.15) is 0 Å². The fraction of sp³-hybridized carbons (Fsp3) is 0.250. The number of ether oxygens (including phenoxy) is 2. The Bertz CT molecular complexity index is 785. The van der Waals surface area contributed by atoms with E-state index in [2.05, 4.69) is 4.72 Å². The first kappa shape index (κ1) is 17.1. The Hall–Kier alpha value is -2.25. The Balaban J connectivity index is 2.43. The van der Waals surface area contributed by atoms with Gasteiger partial charge in [0.15, 0.2) is 11.5 Å². The summed E-state index contributed by atoms with van der Waals surface area (Å²) in [6, 6.07) is 9.50. The van der Waals surface area contributed by atoms with E-state index in [1.165, 1.54) is 38.5 Å². The fourth-order valence-electron chi connectivity index (χ4n) is 2.07. The van der Waals surface area contributed by atoms with Crippen LogP contribution in [0.25, 0.3) is 0 Å². The highest BCUT2D eigenvalue weighted by Gasteiger charge is 2.18. The topological polar surface area (TPSA) is 84.9 Å². The van der Waals surface area contributed by atoms with Crippen molar-refractivity contribution >= 4 is 15.7 Å². The summed E-state index contributed by atoms with van der Waals surface area (Å²) in [5, 5.41) is 9.47. The first-order valence-corrected chi connectivity index (χ1v) is 8.35. The smallest absolute Gasteiger partial charge is 0.261 e. The number of sulfonamides is 1. The van der Waals surface area contributed by atoms with Crippen LogP contribution < -0.4 is 14.2 Å². The summed E-state index contributed by atoms with van der Waals surface area (Å²) in [5.41, 5.74) is 1.59. The van der Waals surface area contributed by atoms with E-state index in [0.717, 1.165) is 5.56 Å². The highest BCUT2D eigenvalue weighted by atomic mass is 32.2. The number of aliphatic hydroxyl groups excluding tert-OH is 1. The van der Waals surface area contributed by atoms with Gasteiger partial charge in [-0.25, -0.2) is 8.42 Å². The molecule has 0 amide bonds. The molecular weight excluding hydrogens is 318 g/mol. The van der Waals surface area contributed by atoms with E-state index in [4.69, 9.17) is 9.47 Å². The lowest BCUT2D eigenvalue weighted by Crippen LogP contribution is -2.14. The van der Waals surface area contributed by atoms with Crippen molar-refractivity contribution in [2.45, 2.75) is 18.4 Å². The number of anilines is 1. The minimum absolute atomic E-state index is 0.141. The van der Waals surface area contributed by atoms with Crippen molar-refractivity contribution in [2.24, 2.45) is 0 Å². The molecule has 0 fully saturated rings. The van der Waals surface area contributed by atoms with E-state index < -0.39 is 10.0 Å². The van der Waals surface area contributed by atoms with E-state index in [0.29, 0.717) is 17.1 Å². The summed E-state index contributed by atoms with van der Waals surface area (Å²) >= 11 is 0. The Morgan fingerprint density at radius 1 is 1.04 bits per heavy atom. The number of methoxy groups -OCH3 is 2. The average Bonchev–Trinajstić information content (AvgIpc) is 2.54. The van der Waals surface area contributed by atoms with Gasteiger partial charge in [0.2, 0.25) is 0 Å². The van der Waals surface area contributed by atoms with Crippen molar-refractivity contribution in [2.75, 3.05) is 18.9 Å². The van der Waals surface area contributed by atoms with Gasteiger partial charge in [0.05, 0.1) is 31.4 Å². The Morgan fingerprint density at radius 3 is 2.13 bits per heavy atom. The van der Waals surface area contributed by atoms with E-state index in [1.807, 2.05) is 6.92 Å². The molecule has 7 heteroatoms. The minimum Gasteiger partial charge on any atom is -0.493 e. The fourth-order valence-corrected chi connectivity index (χ4v) is 3.16. The maximum Gasteiger partial charge on any atom is 0.261 e. The zero-order valence-electron chi connectivity index (χ0n) is 13.2. The van der Waals surface area contributed by atoms with Gasteiger partial charge in [-0.05, 0) is 25.1 Å². The van der Waals surface area contributed by atoms with Crippen LogP contribution in [-0.2, 0) is 16.6 Å². The predicted molar refractivity (Wildman–Crippen MR) is 87.5 cm³/mol. The molecule has 0 aliphatic heterocycles. The molecule has 0 aliphatic carbocycles. The molecule has 23 heavy (non-hydrogen) atoms. The Morgan fingerprint density at radius 2 is 1.61 bits per heavy atom. The minimum atomic E-state index is -3.76. The third-order valence-corrected chi connectivity index (χ3v) is 4.74. The van der Waals surface area contributed by atoms with E-state index in [1.54, 1.807) is 12.1 Å². The maximum absolute atomic E-state index is 12.5. The molecule has 0 spiro atoms. The van der Waals surface area contributed by atoms with E-state index in [9.17, 15) is 13.5 Å². The van der Waals surface area contributed by atoms with Crippen molar-refractivity contribution in [3.63, 3.8) is 0 Å². The highest BCUT2D eigenvalue weighted by molar-refractivity contribution is 7.92. The molecule has 2 aromatic carbocycles. The lowest BCUT2D eigenvalue weighted by molar-refractivity contribution is 0.281. The summed E-state index contributed by atoms with van der Waals surface area (Å²) in [6.07, 6.45) is 0. The third-order valence-electron chi connectivity index (χ3n) is 3.36. The molecule has 0 saturated carbocycles. The largest absolute Gasteiger partial charge is 0.493 e. The Kier molecular flexibility index (Phi) is 5.12. The van der Waals surface area contributed by atoms with Crippen molar-refractivity contribution < 1.29 is 23.0 Å². The monoisotopic (exact) mass is 337 g/mol. The molecule has 6 nitrogen and oxygen atoms in total. The van der Waals surface area contributed by atoms with Gasteiger partial charge < -0.3 is 14.6 Å². The molecule has 124 valence electrons. The molecule has 0 bridgehead atoms. The van der Waals surface area contributed by atoms with Gasteiger partial charge in [-0.1, -0.05) is 17.7 Å². The summed E-state index contributed by atoms with van der Waals surface area (Å²) < 4.78 is 37.7. The molecule has 0 radical (unpaired) electrons. The van der Waals surface area contributed by atoms with Crippen molar-refractivity contribution in [1.29, 1.82) is 0 Å². The number of aryl methyl sites for hydroxylation is 1. The quantitative estimate of drug-likeness (QED) is 0.845. The summed E-state index contributed by atoms with van der Waals surface area (Å²) in [4.78, 5) is 0.141. The van der Waals surface area contributed by atoms with Crippen LogP contribution in [0.15, 0.2) is 41.3 Å². The lowest BCUT2D eigenvalue weighted by Gasteiger charge is -2.15. The average molecular weight is 337 g/mol. The van der Waals surface area contributed by atoms with Gasteiger partial charge in [-0.15, -0.1) is 0 Å². The predicted octanol–water partition coefficient (Wildman–Crippen LogP) is 2.31. The van der Waals surface area contributed by atoms with Crippen molar-refractivity contribution in [3.8, 4) is 11.5 Å². The standard InChI is InChI=1S/C16H19NO5S/c1-11-4-6-13(7-5-11)23(19,20)17-14-9-16(22-3)15(21-2)8-12(14)10-18/h4-9,17-18H,10H2,1-3H3. The van der Waals surface area contributed by atoms with Crippen LogP contribution in [0.4, 0.5) is 5.69 Å². The molecule has 0 aliphatic rings. The number of hydrogen-bond donors (Lipinski definition) is 2. The number of nitrogens with one attached hydrogen (secondary N) is 1. The van der Waals surface area contributed by atoms with Gasteiger partial charge in [0.25, 0.3) is 10.0 Å². The normalized spacial score (nSPS) is 11.1. The number of hydrogen-bond acceptors (Lipinski definition) is 5. The number of benzene rings is 2. The second kappa shape index (κ2) is 6.89. The molecular formula is C16H19NO5S. The van der Waals surface area contributed by atoms with Crippen LogP contribution in [0.2, 0.25) is 0 Å². The highest BCUT2D eigenvalue weighted by Crippen LogP contribution is 2.34. The molecule has 0 heterocycles. The van der Waals surface area contributed by atoms with Crippen LogP contribution in [0.5, 0.6) is 11.5 Å². The molecule has 0 aromatic heterocycles. The molecule has 0 unspecified atom stereocenters. The van der Waals surface area contributed by atoms with Gasteiger partial charge in [0.1, 0.15) is 0 Å². The van der Waals surface area contributed by atoms with Crippen molar-refractivity contribution in [1.82, 2.24) is 0 Å². The first-order chi connectivity index (χ1) is 10.9. The summed E-state index contributed by atoms with van der Waals surface area (Å²) in [6.45, 7) is 1.54. The van der Waals surface area contributed by atoms with Crippen molar-refractivity contribution in [3.05, 3.63) is 47.5 Å². The molecule has 2 aromatic rings. The SMILES string of the molecule is COc1cc(CO)c(NS(=O)(=O)c2ccc(C)cc2)cc1OC. The zero-order valence-corrected chi connectivity index (χ0v) is 14.0. The van der Waals surface area contributed by atoms with Crippen LogP contribution in [0.3, 0.4) is 0 Å². The van der Waals surface area contributed by atoms with Crippen LogP contribution >= 0.6 is 0 Å². The number of rotatable bonds is 6. The second-order valence-corrected chi connectivity index (χ2v) is 6.62. The van der Waals surface area contributed by atoms with Gasteiger partial charge in [0, 0.05) is 11.6 Å². The molecule has 0 saturated heterocycles. The summed E-state index contributed by atoms with van der Waals surface area (Å²) in [5.74, 6) is 0.779. The van der Waals surface area contributed by atoms with Crippen LogP contribution in [0, 0.1) is 6.92 Å².